The molecule has 0 radical (unpaired) electrons. The lowest BCUT2D eigenvalue weighted by atomic mass is 9.77. The monoisotopic (exact) mass is 475 g/mol. The third-order valence-electron chi connectivity index (χ3n) is 6.87. The van der Waals surface area contributed by atoms with E-state index >= 15 is 0 Å². The van der Waals surface area contributed by atoms with Gasteiger partial charge in [-0.05, 0) is 32.1 Å². The van der Waals surface area contributed by atoms with Crippen LogP contribution in [0.4, 0.5) is 0 Å². The Morgan fingerprint density at radius 3 is 2.34 bits per heavy atom. The van der Waals surface area contributed by atoms with Crippen LogP contribution in [0.2, 0.25) is 0 Å². The van der Waals surface area contributed by atoms with Crippen molar-refractivity contribution >= 4 is 34.3 Å². The van der Waals surface area contributed by atoms with E-state index in [1.165, 1.54) is 0 Å². The van der Waals surface area contributed by atoms with E-state index in [1.54, 1.807) is 19.9 Å². The first-order valence-electron chi connectivity index (χ1n) is 12.4. The molecule has 2 aromatic carbocycles. The van der Waals surface area contributed by atoms with Gasteiger partial charge in [-0.25, -0.2) is 4.79 Å². The van der Waals surface area contributed by atoms with Crippen LogP contribution >= 0.6 is 0 Å². The molecule has 1 fully saturated rings. The van der Waals surface area contributed by atoms with Crippen LogP contribution < -0.4 is 5.32 Å². The fraction of sp³-hybridized carbons (Fsp3) is 0.393. The van der Waals surface area contributed by atoms with E-state index in [0.29, 0.717) is 16.9 Å². The molecule has 0 spiro atoms. The predicted molar refractivity (Wildman–Crippen MR) is 130 cm³/mol. The maximum atomic E-state index is 13.8. The zero-order chi connectivity index (χ0) is 24.5. The number of benzene rings is 2. The van der Waals surface area contributed by atoms with Crippen molar-refractivity contribution in [2.24, 2.45) is 5.92 Å². The Morgan fingerprint density at radius 2 is 1.66 bits per heavy atom. The van der Waals surface area contributed by atoms with E-state index in [9.17, 15) is 14.4 Å². The van der Waals surface area contributed by atoms with Crippen LogP contribution in [0, 0.1) is 5.92 Å². The van der Waals surface area contributed by atoms with Gasteiger partial charge in [0.05, 0.1) is 18.8 Å². The Hall–Kier alpha value is -3.61. The van der Waals surface area contributed by atoms with Gasteiger partial charge >= 0.3 is 11.9 Å². The summed E-state index contributed by atoms with van der Waals surface area (Å²) in [6.07, 6.45) is 5.16. The molecule has 182 valence electrons. The Bertz CT molecular complexity index is 1260. The van der Waals surface area contributed by atoms with Crippen molar-refractivity contribution < 1.29 is 28.6 Å². The number of hydrogen-bond donors (Lipinski definition) is 1. The van der Waals surface area contributed by atoms with Gasteiger partial charge < -0.3 is 19.5 Å². The Labute approximate surface area is 204 Å². The highest BCUT2D eigenvalue weighted by Gasteiger charge is 2.48. The molecule has 0 saturated heterocycles. The Morgan fingerprint density at radius 1 is 0.971 bits per heavy atom. The van der Waals surface area contributed by atoms with Gasteiger partial charge in [0, 0.05) is 22.6 Å². The molecule has 1 aliphatic heterocycles. The summed E-state index contributed by atoms with van der Waals surface area (Å²) >= 11 is 0. The standard InChI is InChI=1S/C28H29NO6/c1-3-33-27(31)21-22-24(30)18-14-8-10-16-11-9-15-19(20(16)18)25(22)35-26(23(21)28(32)34-4-2)29-17-12-6-5-7-13-17/h8-11,14-15,17,21,29H,3-7,12-13H2,1-2H3. The van der Waals surface area contributed by atoms with Gasteiger partial charge in [0.1, 0.15) is 17.3 Å². The maximum absolute atomic E-state index is 13.8. The number of Topliss-reactive ketones (excluding diaryl/α,β-unsaturated/α-hetero) is 1. The molecule has 7 nitrogen and oxygen atoms in total. The van der Waals surface area contributed by atoms with Crippen LogP contribution in [-0.2, 0) is 23.8 Å². The third-order valence-corrected chi connectivity index (χ3v) is 6.87. The van der Waals surface area contributed by atoms with Crippen LogP contribution in [0.3, 0.4) is 0 Å². The molecule has 0 aromatic heterocycles. The molecule has 2 aromatic rings. The average molecular weight is 476 g/mol. The topological polar surface area (TPSA) is 90.9 Å². The summed E-state index contributed by atoms with van der Waals surface area (Å²) in [6.45, 7) is 3.63. The Balaban J connectivity index is 1.71. The molecule has 1 atom stereocenters. The van der Waals surface area contributed by atoms with Crippen molar-refractivity contribution in [2.45, 2.75) is 52.0 Å². The van der Waals surface area contributed by atoms with Crippen molar-refractivity contribution in [3.63, 3.8) is 0 Å². The lowest BCUT2D eigenvalue weighted by molar-refractivity contribution is -0.149. The molecular weight excluding hydrogens is 446 g/mol. The number of carbonyl (C=O) groups excluding carboxylic acids is 3. The highest BCUT2D eigenvalue weighted by molar-refractivity contribution is 6.27. The molecule has 0 amide bonds. The number of esters is 2. The summed E-state index contributed by atoms with van der Waals surface area (Å²) in [6, 6.07) is 11.3. The van der Waals surface area contributed by atoms with E-state index in [0.717, 1.165) is 42.9 Å². The zero-order valence-corrected chi connectivity index (χ0v) is 20.0. The number of fused-ring (bicyclic) bond motifs is 1. The first-order chi connectivity index (χ1) is 17.0. The molecule has 1 N–H and O–H groups in total. The van der Waals surface area contributed by atoms with Gasteiger partial charge in [-0.2, -0.15) is 0 Å². The van der Waals surface area contributed by atoms with Gasteiger partial charge in [-0.3, -0.25) is 9.59 Å². The molecule has 1 heterocycles. The van der Waals surface area contributed by atoms with E-state index in [1.807, 2.05) is 30.3 Å². The summed E-state index contributed by atoms with van der Waals surface area (Å²) in [5.41, 5.74) is 1.30. The number of nitrogens with one attached hydrogen (secondary N) is 1. The van der Waals surface area contributed by atoms with Gasteiger partial charge in [-0.15, -0.1) is 0 Å². The molecule has 2 aliphatic carbocycles. The summed E-state index contributed by atoms with van der Waals surface area (Å²) < 4.78 is 17.1. The second-order valence-corrected chi connectivity index (χ2v) is 9.01. The molecule has 1 saturated carbocycles. The van der Waals surface area contributed by atoms with Crippen LogP contribution in [0.15, 0.2) is 53.4 Å². The highest BCUT2D eigenvalue weighted by atomic mass is 16.5. The minimum atomic E-state index is -1.25. The van der Waals surface area contributed by atoms with Crippen LogP contribution in [0.5, 0.6) is 0 Å². The lowest BCUT2D eigenvalue weighted by Crippen LogP contribution is -2.41. The summed E-state index contributed by atoms with van der Waals surface area (Å²) in [4.78, 5) is 40.5. The number of ketones is 1. The third kappa shape index (κ3) is 3.99. The second kappa shape index (κ2) is 9.56. The van der Waals surface area contributed by atoms with E-state index in [-0.39, 0.29) is 42.1 Å². The molecule has 35 heavy (non-hydrogen) atoms. The number of carbonyl (C=O) groups is 3. The molecule has 7 heteroatoms. The van der Waals surface area contributed by atoms with Crippen LogP contribution in [0.25, 0.3) is 16.5 Å². The fourth-order valence-corrected chi connectivity index (χ4v) is 5.34. The highest BCUT2D eigenvalue weighted by Crippen LogP contribution is 2.46. The van der Waals surface area contributed by atoms with E-state index < -0.39 is 17.9 Å². The average Bonchev–Trinajstić information content (AvgIpc) is 2.87. The first kappa shape index (κ1) is 23.1. The van der Waals surface area contributed by atoms with Crippen molar-refractivity contribution in [1.29, 1.82) is 0 Å². The van der Waals surface area contributed by atoms with Crippen molar-refractivity contribution in [2.75, 3.05) is 13.2 Å². The molecular formula is C28H29NO6. The van der Waals surface area contributed by atoms with Crippen molar-refractivity contribution in [1.82, 2.24) is 5.32 Å². The lowest BCUT2D eigenvalue weighted by Gasteiger charge is -2.35. The molecule has 0 bridgehead atoms. The minimum Gasteiger partial charge on any atom is -0.465 e. The quantitative estimate of drug-likeness (QED) is 0.608. The molecule has 5 rings (SSSR count). The van der Waals surface area contributed by atoms with Gasteiger partial charge in [0.15, 0.2) is 5.78 Å². The SMILES string of the molecule is CCOC(=O)C1=C(NC2CCCCC2)OC2=C(C(=O)c3cccc4cccc2c34)C1C(=O)OCC. The Kier molecular flexibility index (Phi) is 6.32. The minimum absolute atomic E-state index is 0.00507. The van der Waals surface area contributed by atoms with E-state index in [4.69, 9.17) is 14.2 Å². The zero-order valence-electron chi connectivity index (χ0n) is 20.0. The molecule has 3 aliphatic rings. The predicted octanol–water partition coefficient (Wildman–Crippen LogP) is 4.65. The van der Waals surface area contributed by atoms with Crippen molar-refractivity contribution in [3.05, 3.63) is 64.6 Å². The largest absolute Gasteiger partial charge is 0.465 e. The first-order valence-corrected chi connectivity index (χ1v) is 12.4. The van der Waals surface area contributed by atoms with Crippen molar-refractivity contribution in [3.8, 4) is 0 Å². The number of hydrogen-bond acceptors (Lipinski definition) is 7. The summed E-state index contributed by atoms with van der Waals surface area (Å²) in [5, 5.41) is 5.06. The van der Waals surface area contributed by atoms with Gasteiger partial charge in [0.2, 0.25) is 5.88 Å². The summed E-state index contributed by atoms with van der Waals surface area (Å²) in [5.74, 6) is -2.49. The smallest absolute Gasteiger partial charge is 0.340 e. The van der Waals surface area contributed by atoms with Crippen LogP contribution in [-0.4, -0.2) is 37.0 Å². The van der Waals surface area contributed by atoms with Crippen LogP contribution in [0.1, 0.15) is 61.9 Å². The fourth-order valence-electron chi connectivity index (χ4n) is 5.34. The number of ether oxygens (including phenoxy) is 3. The van der Waals surface area contributed by atoms with Gasteiger partial charge in [-0.1, -0.05) is 55.7 Å². The summed E-state index contributed by atoms with van der Waals surface area (Å²) in [7, 11) is 0. The second-order valence-electron chi connectivity index (χ2n) is 9.01. The molecule has 1 unspecified atom stereocenters. The van der Waals surface area contributed by atoms with E-state index in [2.05, 4.69) is 5.32 Å². The maximum Gasteiger partial charge on any atom is 0.340 e. The van der Waals surface area contributed by atoms with Gasteiger partial charge in [0.25, 0.3) is 0 Å². The normalized spacial score (nSPS) is 19.8. The number of rotatable bonds is 6.